The molecule has 1 aliphatic heterocycles. The summed E-state index contributed by atoms with van der Waals surface area (Å²) in [6.45, 7) is 5.12. The summed E-state index contributed by atoms with van der Waals surface area (Å²) in [5.41, 5.74) is 0.680. The molecule has 18 heavy (non-hydrogen) atoms. The van der Waals surface area contributed by atoms with Crippen molar-refractivity contribution in [2.45, 2.75) is 32.7 Å². The van der Waals surface area contributed by atoms with E-state index in [1.54, 1.807) is 6.07 Å². The van der Waals surface area contributed by atoms with E-state index in [-0.39, 0.29) is 11.6 Å². The molecule has 2 atom stereocenters. The number of carbonyl (C=O) groups is 1. The van der Waals surface area contributed by atoms with Crippen molar-refractivity contribution >= 4 is 11.7 Å². The van der Waals surface area contributed by atoms with E-state index in [0.29, 0.717) is 11.6 Å². The fourth-order valence-corrected chi connectivity index (χ4v) is 2.70. The lowest BCUT2D eigenvalue weighted by Gasteiger charge is -2.38. The second-order valence-electron chi connectivity index (χ2n) is 5.14. The topological polar surface area (TPSA) is 40.5 Å². The number of hydrogen-bond acceptors (Lipinski definition) is 2. The van der Waals surface area contributed by atoms with Gasteiger partial charge in [-0.3, -0.25) is 0 Å². The Hall–Kier alpha value is -1.58. The van der Waals surface area contributed by atoms with Crippen molar-refractivity contribution in [3.8, 4) is 0 Å². The average Bonchev–Trinajstić information content (AvgIpc) is 2.29. The van der Waals surface area contributed by atoms with Crippen molar-refractivity contribution < 1.29 is 14.3 Å². The van der Waals surface area contributed by atoms with Crippen LogP contribution in [0.25, 0.3) is 0 Å². The summed E-state index contributed by atoms with van der Waals surface area (Å²) in [5, 5.41) is 9.17. The van der Waals surface area contributed by atoms with Gasteiger partial charge in [-0.05, 0) is 43.9 Å². The molecule has 0 bridgehead atoms. The van der Waals surface area contributed by atoms with Crippen LogP contribution in [0.3, 0.4) is 0 Å². The fraction of sp³-hybridized carbons (Fsp3) is 0.500. The summed E-state index contributed by atoms with van der Waals surface area (Å²) in [6.07, 6.45) is 2.08. The molecule has 0 spiro atoms. The zero-order valence-corrected chi connectivity index (χ0v) is 10.7. The van der Waals surface area contributed by atoms with Gasteiger partial charge in [0.1, 0.15) is 5.82 Å². The van der Waals surface area contributed by atoms with E-state index in [9.17, 15) is 9.18 Å². The summed E-state index contributed by atoms with van der Waals surface area (Å²) in [5.74, 6) is -0.922. The van der Waals surface area contributed by atoms with Crippen molar-refractivity contribution in [3.63, 3.8) is 0 Å². The van der Waals surface area contributed by atoms with Crippen molar-refractivity contribution in [3.05, 3.63) is 29.6 Å². The highest BCUT2D eigenvalue weighted by Gasteiger charge is 2.26. The zero-order valence-electron chi connectivity index (χ0n) is 10.7. The number of carboxylic acid groups (broad SMARTS) is 1. The first kappa shape index (κ1) is 12.9. The van der Waals surface area contributed by atoms with Crippen LogP contribution in [0, 0.1) is 11.7 Å². The van der Waals surface area contributed by atoms with Gasteiger partial charge in [-0.1, -0.05) is 6.92 Å². The molecule has 1 N–H and O–H groups in total. The van der Waals surface area contributed by atoms with Crippen LogP contribution in [0.4, 0.5) is 10.1 Å². The lowest BCUT2D eigenvalue weighted by molar-refractivity contribution is 0.0697. The van der Waals surface area contributed by atoms with Gasteiger partial charge in [-0.15, -0.1) is 0 Å². The van der Waals surface area contributed by atoms with Crippen LogP contribution in [0.15, 0.2) is 18.2 Å². The lowest BCUT2D eigenvalue weighted by Crippen LogP contribution is -2.41. The van der Waals surface area contributed by atoms with Gasteiger partial charge in [0.05, 0.1) is 11.3 Å². The number of rotatable bonds is 2. The summed E-state index contributed by atoms with van der Waals surface area (Å²) in [6, 6.07) is 4.29. The van der Waals surface area contributed by atoms with Gasteiger partial charge < -0.3 is 10.0 Å². The van der Waals surface area contributed by atoms with E-state index in [0.717, 1.165) is 25.5 Å². The molecule has 1 aromatic rings. The maximum Gasteiger partial charge on any atom is 0.337 e. The Labute approximate surface area is 106 Å². The number of carboxylic acids is 1. The Balaban J connectivity index is 2.35. The van der Waals surface area contributed by atoms with Crippen LogP contribution in [0.1, 0.15) is 37.0 Å². The van der Waals surface area contributed by atoms with E-state index in [2.05, 4.69) is 18.7 Å². The highest BCUT2D eigenvalue weighted by molar-refractivity contribution is 5.94. The number of aromatic carboxylic acids is 1. The number of hydrogen-bond donors (Lipinski definition) is 1. The van der Waals surface area contributed by atoms with Crippen LogP contribution >= 0.6 is 0 Å². The van der Waals surface area contributed by atoms with Crippen molar-refractivity contribution in [2.24, 2.45) is 5.92 Å². The molecular formula is C14H18FNO2. The molecule has 1 aromatic carbocycles. The molecule has 0 radical (unpaired) electrons. The average molecular weight is 251 g/mol. The third-order valence-electron chi connectivity index (χ3n) is 3.64. The molecule has 1 aliphatic rings. The fourth-order valence-electron chi connectivity index (χ4n) is 2.70. The van der Waals surface area contributed by atoms with E-state index < -0.39 is 11.8 Å². The van der Waals surface area contributed by atoms with Gasteiger partial charge in [0.15, 0.2) is 0 Å². The second-order valence-corrected chi connectivity index (χ2v) is 5.14. The van der Waals surface area contributed by atoms with Crippen LogP contribution in [0.5, 0.6) is 0 Å². The van der Waals surface area contributed by atoms with Crippen LogP contribution in [-0.4, -0.2) is 23.7 Å². The molecule has 2 unspecified atom stereocenters. The maximum absolute atomic E-state index is 13.2. The van der Waals surface area contributed by atoms with Crippen LogP contribution < -0.4 is 4.90 Å². The van der Waals surface area contributed by atoms with Gasteiger partial charge in [-0.25, -0.2) is 9.18 Å². The predicted octanol–water partition coefficient (Wildman–Crippen LogP) is 3.15. The molecule has 0 aromatic heterocycles. The summed E-state index contributed by atoms with van der Waals surface area (Å²) < 4.78 is 13.2. The molecule has 2 rings (SSSR count). The second kappa shape index (κ2) is 4.96. The van der Waals surface area contributed by atoms with Crippen LogP contribution in [0.2, 0.25) is 0 Å². The van der Waals surface area contributed by atoms with E-state index in [1.807, 2.05) is 0 Å². The summed E-state index contributed by atoms with van der Waals surface area (Å²) >= 11 is 0. The highest BCUT2D eigenvalue weighted by Crippen LogP contribution is 2.30. The summed E-state index contributed by atoms with van der Waals surface area (Å²) in [7, 11) is 0. The smallest absolute Gasteiger partial charge is 0.337 e. The lowest BCUT2D eigenvalue weighted by atomic mass is 9.92. The Morgan fingerprint density at radius 1 is 1.44 bits per heavy atom. The number of nitrogens with zero attached hydrogens (tertiary/aromatic N) is 1. The Morgan fingerprint density at radius 2 is 2.17 bits per heavy atom. The van der Waals surface area contributed by atoms with Crippen molar-refractivity contribution in [1.29, 1.82) is 0 Å². The minimum absolute atomic E-state index is 0.0522. The SMILES string of the molecule is CC1CCN(c2ccc(F)cc2C(=O)O)C(C)C1. The standard InChI is InChI=1S/C14H18FNO2/c1-9-5-6-16(10(2)7-9)13-4-3-11(15)8-12(13)14(17)18/h3-4,8-10H,5-7H2,1-2H3,(H,17,18). The van der Waals surface area contributed by atoms with Crippen LogP contribution in [-0.2, 0) is 0 Å². The zero-order chi connectivity index (χ0) is 13.3. The molecular weight excluding hydrogens is 233 g/mol. The van der Waals surface area contributed by atoms with Crippen molar-refractivity contribution in [2.75, 3.05) is 11.4 Å². The normalized spacial score (nSPS) is 24.1. The number of anilines is 1. The number of halogens is 1. The maximum atomic E-state index is 13.2. The van der Waals surface area contributed by atoms with Gasteiger partial charge in [-0.2, -0.15) is 0 Å². The largest absolute Gasteiger partial charge is 0.478 e. The third-order valence-corrected chi connectivity index (χ3v) is 3.64. The monoisotopic (exact) mass is 251 g/mol. The minimum atomic E-state index is -1.07. The molecule has 3 nitrogen and oxygen atoms in total. The number of piperidine rings is 1. The minimum Gasteiger partial charge on any atom is -0.478 e. The molecule has 0 aliphatic carbocycles. The van der Waals surface area contributed by atoms with Crippen molar-refractivity contribution in [1.82, 2.24) is 0 Å². The molecule has 4 heteroatoms. The quantitative estimate of drug-likeness (QED) is 0.877. The first-order chi connectivity index (χ1) is 8.49. The number of benzene rings is 1. The van der Waals surface area contributed by atoms with Gasteiger partial charge >= 0.3 is 5.97 Å². The molecule has 1 heterocycles. The first-order valence-electron chi connectivity index (χ1n) is 6.28. The van der Waals surface area contributed by atoms with E-state index in [4.69, 9.17) is 5.11 Å². The van der Waals surface area contributed by atoms with Gasteiger partial charge in [0.2, 0.25) is 0 Å². The Morgan fingerprint density at radius 3 is 2.78 bits per heavy atom. The molecule has 0 amide bonds. The molecule has 98 valence electrons. The van der Waals surface area contributed by atoms with Gasteiger partial charge in [0, 0.05) is 12.6 Å². The molecule has 1 saturated heterocycles. The third kappa shape index (κ3) is 2.47. The highest BCUT2D eigenvalue weighted by atomic mass is 19.1. The Bertz CT molecular complexity index is 461. The molecule has 1 fully saturated rings. The predicted molar refractivity (Wildman–Crippen MR) is 68.6 cm³/mol. The Kier molecular flexibility index (Phi) is 3.55. The van der Waals surface area contributed by atoms with E-state index in [1.165, 1.54) is 6.07 Å². The molecule has 0 saturated carbocycles. The van der Waals surface area contributed by atoms with Gasteiger partial charge in [0.25, 0.3) is 0 Å². The first-order valence-corrected chi connectivity index (χ1v) is 6.28. The van der Waals surface area contributed by atoms with E-state index >= 15 is 0 Å². The summed E-state index contributed by atoms with van der Waals surface area (Å²) in [4.78, 5) is 13.3.